The van der Waals surface area contributed by atoms with E-state index in [0.717, 1.165) is 30.1 Å². The number of thiazole rings is 1. The zero-order chi connectivity index (χ0) is 48.3. The number of rotatable bonds is 19. The molecule has 0 saturated carbocycles. The van der Waals surface area contributed by atoms with E-state index in [1.807, 2.05) is 18.2 Å². The number of amides is 2. The minimum absolute atomic E-state index is 0.0161. The SMILES string of the molecule is CC(=O)Oc1ccc(OC(=O)N(C)CCN(CCCCCCP(Br)(c2ccccc2)(c2ccccc2)c2ccccc2)C(=O)Oc2ccc3nc(C4=N[C@@H](C(=O)O)CS4)sc3c2)cc1OC(C)=O. The molecule has 1 aliphatic rings. The summed E-state index contributed by atoms with van der Waals surface area (Å²) < 4.78 is 22.6. The molecule has 1 N–H and O–H groups in total. The summed E-state index contributed by atoms with van der Waals surface area (Å²) in [5.41, 5.74) is 0.661. The van der Waals surface area contributed by atoms with Gasteiger partial charge in [-0.3, -0.25) is 14.6 Å². The average Bonchev–Trinajstić information content (AvgIpc) is 4.01. The number of aromatic nitrogens is 1. The molecule has 0 aliphatic carbocycles. The number of hydrogen-bond donors (Lipinski definition) is 1. The number of thioether (sulfide) groups is 1. The number of carbonyl (C=O) groups excluding carboxylic acids is 4. The van der Waals surface area contributed by atoms with E-state index < -0.39 is 41.4 Å². The Morgan fingerprint density at radius 2 is 1.24 bits per heavy atom. The minimum atomic E-state index is -3.10. The Morgan fingerprint density at radius 1 is 0.676 bits per heavy atom. The van der Waals surface area contributed by atoms with Gasteiger partial charge in [-0.15, -0.1) is 23.1 Å². The molecule has 7 rings (SSSR count). The van der Waals surface area contributed by atoms with Gasteiger partial charge >= 0.3 is 274 Å². The summed E-state index contributed by atoms with van der Waals surface area (Å²) in [7, 11) is 1.53. The molecule has 0 spiro atoms. The van der Waals surface area contributed by atoms with Crippen molar-refractivity contribution >= 4 is 105 Å². The van der Waals surface area contributed by atoms with Crippen molar-refractivity contribution in [1.82, 2.24) is 14.8 Å². The number of fused-ring (bicyclic) bond motifs is 1. The van der Waals surface area contributed by atoms with Gasteiger partial charge in [0.25, 0.3) is 0 Å². The number of benzene rings is 5. The van der Waals surface area contributed by atoms with Gasteiger partial charge in [0.15, 0.2) is 17.5 Å². The Morgan fingerprint density at radius 3 is 1.82 bits per heavy atom. The molecule has 0 unspecified atom stereocenters. The van der Waals surface area contributed by atoms with E-state index in [0.29, 0.717) is 40.0 Å². The van der Waals surface area contributed by atoms with Gasteiger partial charge in [0.2, 0.25) is 0 Å². The Balaban J connectivity index is 1.05. The molecule has 1 atom stereocenters. The molecule has 1 aromatic heterocycles. The zero-order valence-corrected chi connectivity index (χ0v) is 41.7. The van der Waals surface area contributed by atoms with Crippen LogP contribution in [0.3, 0.4) is 0 Å². The van der Waals surface area contributed by atoms with Gasteiger partial charge in [-0.25, -0.2) is 9.78 Å². The quantitative estimate of drug-likeness (QED) is 0.0353. The number of unbranched alkanes of at least 4 members (excludes halogenated alkanes) is 3. The monoisotopic (exact) mass is 1040 g/mol. The van der Waals surface area contributed by atoms with Crippen molar-refractivity contribution in [3.05, 3.63) is 132 Å². The van der Waals surface area contributed by atoms with Gasteiger partial charge in [-0.1, -0.05) is 0 Å². The summed E-state index contributed by atoms with van der Waals surface area (Å²) in [6.45, 7) is 2.92. The largest absolute Gasteiger partial charge is 0.423 e. The number of halogens is 1. The predicted molar refractivity (Wildman–Crippen MR) is 273 cm³/mol. The van der Waals surface area contributed by atoms with E-state index >= 15 is 0 Å². The van der Waals surface area contributed by atoms with Crippen LogP contribution < -0.4 is 34.9 Å². The van der Waals surface area contributed by atoms with E-state index in [1.165, 1.54) is 83.0 Å². The maximum absolute atomic E-state index is 14.0. The van der Waals surface area contributed by atoms with Crippen molar-refractivity contribution in [3.8, 4) is 23.0 Å². The van der Waals surface area contributed by atoms with E-state index in [1.54, 1.807) is 23.1 Å². The number of carbonyl (C=O) groups is 5. The van der Waals surface area contributed by atoms with Gasteiger partial charge in [0, 0.05) is 25.7 Å². The Kier molecular flexibility index (Phi) is 16.3. The molecule has 6 aromatic rings. The third-order valence-corrected chi connectivity index (χ3v) is 23.5. The molecule has 354 valence electrons. The maximum atomic E-state index is 14.0. The number of carboxylic acids is 1. The van der Waals surface area contributed by atoms with Crippen molar-refractivity contribution in [2.45, 2.75) is 45.6 Å². The summed E-state index contributed by atoms with van der Waals surface area (Å²) in [4.78, 5) is 74.0. The van der Waals surface area contributed by atoms with Crippen molar-refractivity contribution in [2.24, 2.45) is 4.99 Å². The van der Waals surface area contributed by atoms with Crippen LogP contribution in [0, 0.1) is 0 Å². The molecule has 18 heteroatoms. The third-order valence-electron chi connectivity index (χ3n) is 11.2. The fourth-order valence-electron chi connectivity index (χ4n) is 7.82. The van der Waals surface area contributed by atoms with Crippen LogP contribution in [0.1, 0.15) is 44.5 Å². The zero-order valence-electron chi connectivity index (χ0n) is 37.6. The second kappa shape index (κ2) is 22.3. The predicted octanol–water partition coefficient (Wildman–Crippen LogP) is 9.43. The summed E-state index contributed by atoms with van der Waals surface area (Å²) in [5, 5.41) is 11.2. The van der Waals surface area contributed by atoms with Gasteiger partial charge in [0.05, 0.1) is 5.52 Å². The summed E-state index contributed by atoms with van der Waals surface area (Å²) in [6.07, 6.45) is 2.79. The smallest absolute Gasteiger partial charge is 0.308 e. The van der Waals surface area contributed by atoms with Crippen LogP contribution in [0.2, 0.25) is 0 Å². The number of esters is 2. The molecule has 0 fully saturated rings. The fourth-order valence-corrected chi connectivity index (χ4v) is 17.7. The second-order valence-corrected chi connectivity index (χ2v) is 27.1. The van der Waals surface area contributed by atoms with Gasteiger partial charge in [0.1, 0.15) is 15.8 Å². The molecular weight excluding hydrogens is 992 g/mol. The van der Waals surface area contributed by atoms with Crippen molar-refractivity contribution in [3.63, 3.8) is 0 Å². The van der Waals surface area contributed by atoms with E-state index in [9.17, 15) is 29.1 Å². The van der Waals surface area contributed by atoms with E-state index in [2.05, 4.69) is 98.3 Å². The first-order chi connectivity index (χ1) is 32.7. The molecule has 14 nitrogen and oxygen atoms in total. The number of hydrogen-bond acceptors (Lipinski definition) is 13. The van der Waals surface area contributed by atoms with Gasteiger partial charge < -0.3 is 14.6 Å². The minimum Gasteiger partial charge on any atom is -0.423 e. The van der Waals surface area contributed by atoms with Crippen LogP contribution in [0.5, 0.6) is 23.0 Å². The molecule has 0 radical (unpaired) electrons. The number of aliphatic imine (C=N–C) groups is 1. The molecule has 1 aliphatic heterocycles. The molecule has 5 aromatic carbocycles. The van der Waals surface area contributed by atoms with Gasteiger partial charge in [-0.05, 0) is 12.1 Å². The standard InChI is InChI=1S/C50H50BrN4O10PS2/c1-34(56)62-43-26-24-36(31-44(43)63-35(2)57)64-49(60)54(3)28-29-55(50(61)65-37-23-25-41-45(32-37)68-47(52-41)46-53-42(33-67-46)48(58)59)27-15-4-5-16-30-66(51,38-17-9-6-10-18-38,39-19-11-7-12-20-39)40-21-13-8-14-22-40/h6-14,17-26,31-32,42H,4-5,15-16,27-30,33H2,1-3H3,(H,58,59)/t42-/m1/s1. The Bertz CT molecular complexity index is 2720. The average molecular weight is 1040 g/mol. The second-order valence-electron chi connectivity index (χ2n) is 16.0. The number of ether oxygens (including phenoxy) is 4. The maximum Gasteiger partial charge on any atom is 0.308 e. The number of carboxylic acid groups (broad SMARTS) is 1. The van der Waals surface area contributed by atoms with Crippen LogP contribution >= 0.6 is 43.9 Å². The molecule has 0 saturated heterocycles. The van der Waals surface area contributed by atoms with Crippen LogP contribution in [0.25, 0.3) is 10.2 Å². The molecule has 0 bridgehead atoms. The van der Waals surface area contributed by atoms with Crippen LogP contribution in [0.15, 0.2) is 132 Å². The van der Waals surface area contributed by atoms with Crippen LogP contribution in [-0.2, 0) is 14.4 Å². The summed E-state index contributed by atoms with van der Waals surface area (Å²) in [6, 6.07) is 40.3. The fraction of sp³-hybridized carbons (Fsp3) is 0.260. The van der Waals surface area contributed by atoms with Crippen molar-refractivity contribution in [1.29, 1.82) is 0 Å². The van der Waals surface area contributed by atoms with E-state index in [4.69, 9.17) is 18.9 Å². The molecule has 68 heavy (non-hydrogen) atoms. The van der Waals surface area contributed by atoms with Crippen molar-refractivity contribution < 1.29 is 48.0 Å². The molecule has 2 heterocycles. The number of likely N-dealkylation sites (N-methyl/N-ethyl adjacent to an activating group) is 1. The molecular formula is C50H50BrN4O10PS2. The van der Waals surface area contributed by atoms with Crippen LogP contribution in [-0.4, -0.2) is 99.7 Å². The topological polar surface area (TPSA) is 174 Å². The first-order valence-electron chi connectivity index (χ1n) is 21.9. The van der Waals surface area contributed by atoms with Crippen molar-refractivity contribution in [2.75, 3.05) is 38.6 Å². The third kappa shape index (κ3) is 11.8. The van der Waals surface area contributed by atoms with Gasteiger partial charge in [-0.2, -0.15) is 0 Å². The number of nitrogens with zero attached hydrogens (tertiary/aromatic N) is 4. The Labute approximate surface area is 410 Å². The molecule has 2 amide bonds. The normalized spacial score (nSPS) is 14.0. The summed E-state index contributed by atoms with van der Waals surface area (Å²) >= 11 is 7.22. The van der Waals surface area contributed by atoms with E-state index in [-0.39, 0.29) is 30.3 Å². The number of aliphatic carboxylic acids is 1. The van der Waals surface area contributed by atoms with Crippen LogP contribution in [0.4, 0.5) is 9.59 Å². The first-order valence-corrected chi connectivity index (χ1v) is 28.1. The Hall–Kier alpha value is -6.13. The first kappa shape index (κ1) is 49.8. The summed E-state index contributed by atoms with van der Waals surface area (Å²) in [5.74, 6) is -1.71.